The highest BCUT2D eigenvalue weighted by molar-refractivity contribution is 9.12. The first-order valence-corrected chi connectivity index (χ1v) is 7.41. The van der Waals surface area contributed by atoms with Crippen molar-refractivity contribution in [1.82, 2.24) is 9.97 Å². The number of aromatic nitrogens is 2. The lowest BCUT2D eigenvalue weighted by Crippen LogP contribution is -2.25. The van der Waals surface area contributed by atoms with Gasteiger partial charge >= 0.3 is 0 Å². The van der Waals surface area contributed by atoms with Crippen molar-refractivity contribution in [2.45, 2.75) is 13.8 Å². The Balaban J connectivity index is 2.05. The van der Waals surface area contributed by atoms with Crippen molar-refractivity contribution >= 4 is 33.2 Å². The zero-order chi connectivity index (χ0) is 15.9. The molecule has 22 heavy (non-hydrogen) atoms. The van der Waals surface area contributed by atoms with Crippen molar-refractivity contribution in [2.75, 3.05) is 5.32 Å². The Labute approximate surface area is 135 Å². The molecule has 1 aliphatic rings. The van der Waals surface area contributed by atoms with Gasteiger partial charge in [-0.05, 0) is 53.0 Å². The van der Waals surface area contributed by atoms with Gasteiger partial charge in [-0.3, -0.25) is 9.59 Å². The Hall–Kier alpha value is -2.34. The molecule has 0 saturated carbocycles. The van der Waals surface area contributed by atoms with Crippen LogP contribution < -0.4 is 5.32 Å². The molecule has 0 radical (unpaired) electrons. The summed E-state index contributed by atoms with van der Waals surface area (Å²) in [6, 6.07) is 5.86. The van der Waals surface area contributed by atoms with E-state index in [0.29, 0.717) is 0 Å². The van der Waals surface area contributed by atoms with Gasteiger partial charge in [0.1, 0.15) is 17.7 Å². The van der Waals surface area contributed by atoms with E-state index in [1.165, 1.54) is 12.5 Å². The standard InChI is InChI=1S/C16H12BrN3O2/c1-8-3-9(2)5-10(4-8)20-14-12(17)16(22)13-11(15(14)21)6-18-7-19-13/h3-7,20H,1-2H3. The predicted octanol–water partition coefficient (Wildman–Crippen LogP) is 3.19. The molecular formula is C16H12BrN3O2. The van der Waals surface area contributed by atoms with Crippen molar-refractivity contribution < 1.29 is 9.59 Å². The SMILES string of the molecule is Cc1cc(C)cc(NC2=C(Br)C(=O)c3ncncc3C2=O)c1. The molecule has 0 bridgehead atoms. The molecule has 110 valence electrons. The van der Waals surface area contributed by atoms with E-state index in [9.17, 15) is 9.59 Å². The smallest absolute Gasteiger partial charge is 0.221 e. The number of ketones is 2. The second kappa shape index (κ2) is 5.46. The van der Waals surface area contributed by atoms with Crippen molar-refractivity contribution in [2.24, 2.45) is 0 Å². The lowest BCUT2D eigenvalue weighted by atomic mass is 9.98. The number of fused-ring (bicyclic) bond motifs is 1. The zero-order valence-electron chi connectivity index (χ0n) is 12.0. The van der Waals surface area contributed by atoms with Crippen LogP contribution in [0.25, 0.3) is 0 Å². The molecule has 1 N–H and O–H groups in total. The highest BCUT2D eigenvalue weighted by Gasteiger charge is 2.32. The summed E-state index contributed by atoms with van der Waals surface area (Å²) in [7, 11) is 0. The Morgan fingerprint density at radius 1 is 1.05 bits per heavy atom. The van der Waals surface area contributed by atoms with Gasteiger partial charge < -0.3 is 5.32 Å². The number of halogens is 1. The van der Waals surface area contributed by atoms with Crippen LogP contribution in [0.4, 0.5) is 5.69 Å². The van der Waals surface area contributed by atoms with Crippen LogP contribution in [0.5, 0.6) is 0 Å². The molecule has 5 nitrogen and oxygen atoms in total. The van der Waals surface area contributed by atoms with Crippen LogP contribution in [0.2, 0.25) is 0 Å². The minimum Gasteiger partial charge on any atom is -0.351 e. The topological polar surface area (TPSA) is 72.0 Å². The fraction of sp³-hybridized carbons (Fsp3) is 0.125. The second-order valence-corrected chi connectivity index (χ2v) is 5.93. The number of Topliss-reactive ketones (excluding diaryl/α,β-unsaturated/α-hetero) is 2. The van der Waals surface area contributed by atoms with Crippen molar-refractivity contribution in [3.8, 4) is 0 Å². The molecule has 1 aliphatic carbocycles. The third-order valence-electron chi connectivity index (χ3n) is 3.31. The molecule has 0 unspecified atom stereocenters. The zero-order valence-corrected chi connectivity index (χ0v) is 13.6. The lowest BCUT2D eigenvalue weighted by molar-refractivity contribution is 0.0979. The van der Waals surface area contributed by atoms with Gasteiger partial charge in [-0.1, -0.05) is 6.07 Å². The number of anilines is 1. The third-order valence-corrected chi connectivity index (χ3v) is 4.07. The van der Waals surface area contributed by atoms with Gasteiger partial charge in [-0.15, -0.1) is 0 Å². The number of allylic oxidation sites excluding steroid dienone is 2. The number of nitrogens with zero attached hydrogens (tertiary/aromatic N) is 2. The van der Waals surface area contributed by atoms with Crippen LogP contribution in [0.15, 0.2) is 40.9 Å². The van der Waals surface area contributed by atoms with Gasteiger partial charge in [0.2, 0.25) is 11.6 Å². The molecule has 0 fully saturated rings. The molecule has 1 aromatic carbocycles. The summed E-state index contributed by atoms with van der Waals surface area (Å²) in [6.45, 7) is 3.94. The van der Waals surface area contributed by atoms with Crippen LogP contribution >= 0.6 is 15.9 Å². The lowest BCUT2D eigenvalue weighted by Gasteiger charge is -2.18. The second-order valence-electron chi connectivity index (χ2n) is 5.13. The summed E-state index contributed by atoms with van der Waals surface area (Å²) < 4.78 is 0.183. The summed E-state index contributed by atoms with van der Waals surface area (Å²) in [5, 5.41) is 3.04. The van der Waals surface area contributed by atoms with E-state index in [4.69, 9.17) is 0 Å². The number of hydrogen-bond acceptors (Lipinski definition) is 5. The van der Waals surface area contributed by atoms with Crippen molar-refractivity contribution in [3.63, 3.8) is 0 Å². The van der Waals surface area contributed by atoms with E-state index in [1.54, 1.807) is 0 Å². The van der Waals surface area contributed by atoms with E-state index in [0.717, 1.165) is 16.8 Å². The average Bonchev–Trinajstić information content (AvgIpc) is 2.48. The van der Waals surface area contributed by atoms with Crippen LogP contribution in [0.3, 0.4) is 0 Å². The number of benzene rings is 1. The number of nitrogens with one attached hydrogen (secondary N) is 1. The van der Waals surface area contributed by atoms with Crippen molar-refractivity contribution in [3.05, 3.63) is 63.3 Å². The normalized spacial score (nSPS) is 14.1. The van der Waals surface area contributed by atoms with Crippen LogP contribution in [0.1, 0.15) is 32.0 Å². The number of carbonyl (C=O) groups is 2. The van der Waals surface area contributed by atoms with Gasteiger partial charge in [-0.25, -0.2) is 9.97 Å². The van der Waals surface area contributed by atoms with Crippen LogP contribution in [-0.4, -0.2) is 21.5 Å². The number of rotatable bonds is 2. The van der Waals surface area contributed by atoms with Crippen LogP contribution in [0, 0.1) is 13.8 Å². The van der Waals surface area contributed by atoms with E-state index in [-0.39, 0.29) is 33.0 Å². The highest BCUT2D eigenvalue weighted by Crippen LogP contribution is 2.29. The fourth-order valence-electron chi connectivity index (χ4n) is 2.43. The summed E-state index contributed by atoms with van der Waals surface area (Å²) in [4.78, 5) is 32.6. The van der Waals surface area contributed by atoms with Crippen molar-refractivity contribution in [1.29, 1.82) is 0 Å². The van der Waals surface area contributed by atoms with Gasteiger partial charge in [0.25, 0.3) is 0 Å². The molecule has 0 spiro atoms. The monoisotopic (exact) mass is 357 g/mol. The first-order valence-electron chi connectivity index (χ1n) is 6.62. The molecule has 2 aromatic rings. The summed E-state index contributed by atoms with van der Waals surface area (Å²) in [6.07, 6.45) is 2.62. The average molecular weight is 358 g/mol. The maximum atomic E-state index is 12.6. The molecule has 0 amide bonds. The molecule has 1 aromatic heterocycles. The van der Waals surface area contributed by atoms with E-state index in [2.05, 4.69) is 31.2 Å². The van der Waals surface area contributed by atoms with E-state index >= 15 is 0 Å². The van der Waals surface area contributed by atoms with Gasteiger partial charge in [0.15, 0.2) is 0 Å². The molecule has 0 aliphatic heterocycles. The molecule has 0 atom stereocenters. The molecule has 6 heteroatoms. The summed E-state index contributed by atoms with van der Waals surface area (Å²) >= 11 is 3.21. The Morgan fingerprint density at radius 2 is 1.73 bits per heavy atom. The quantitative estimate of drug-likeness (QED) is 0.893. The maximum absolute atomic E-state index is 12.6. The fourth-order valence-corrected chi connectivity index (χ4v) is 2.90. The van der Waals surface area contributed by atoms with Gasteiger partial charge in [-0.2, -0.15) is 0 Å². The molecule has 3 rings (SSSR count). The molecular weight excluding hydrogens is 346 g/mol. The minimum atomic E-state index is -0.330. The Kier molecular flexibility index (Phi) is 3.62. The van der Waals surface area contributed by atoms with E-state index < -0.39 is 0 Å². The number of carbonyl (C=O) groups excluding carboxylic acids is 2. The van der Waals surface area contributed by atoms with Gasteiger partial charge in [0, 0.05) is 11.9 Å². The van der Waals surface area contributed by atoms with Crippen LogP contribution in [-0.2, 0) is 0 Å². The maximum Gasteiger partial charge on any atom is 0.221 e. The minimum absolute atomic E-state index is 0.123. The largest absolute Gasteiger partial charge is 0.351 e. The predicted molar refractivity (Wildman–Crippen MR) is 86.2 cm³/mol. The highest BCUT2D eigenvalue weighted by atomic mass is 79.9. The number of hydrogen-bond donors (Lipinski definition) is 1. The third kappa shape index (κ3) is 2.46. The summed E-state index contributed by atoms with van der Waals surface area (Å²) in [5.41, 5.74) is 3.43. The Morgan fingerprint density at radius 3 is 2.41 bits per heavy atom. The van der Waals surface area contributed by atoms with E-state index in [1.807, 2.05) is 32.0 Å². The Bertz CT molecular complexity index is 823. The first kappa shape index (κ1) is 14.6. The molecule has 1 heterocycles. The summed E-state index contributed by atoms with van der Waals surface area (Å²) in [5.74, 6) is -0.634. The molecule has 0 saturated heterocycles. The number of aryl methyl sites for hydroxylation is 2. The first-order chi connectivity index (χ1) is 10.5. The van der Waals surface area contributed by atoms with Gasteiger partial charge in [0.05, 0.1) is 10.0 Å².